The predicted octanol–water partition coefficient (Wildman–Crippen LogP) is 3.52. The molecule has 0 spiro atoms. The summed E-state index contributed by atoms with van der Waals surface area (Å²) in [5.41, 5.74) is 6.10. The second kappa shape index (κ2) is 4.68. The number of benzene rings is 2. The molecule has 116 valence electrons. The molecule has 5 rings (SSSR count). The Morgan fingerprint density at radius 1 is 0.958 bits per heavy atom. The minimum absolute atomic E-state index is 0.0225. The molecule has 2 aromatic heterocycles. The molecule has 0 N–H and O–H groups in total. The zero-order valence-corrected chi connectivity index (χ0v) is 13.2. The minimum atomic E-state index is -0.0225. The molecule has 0 amide bonds. The van der Waals surface area contributed by atoms with Crippen LogP contribution in [0, 0.1) is 0 Å². The molecule has 2 aromatic carbocycles. The third-order valence-electron chi connectivity index (χ3n) is 4.82. The topological polar surface area (TPSA) is 37.6 Å². The molecule has 0 unspecified atom stereocenters. The van der Waals surface area contributed by atoms with Crippen molar-refractivity contribution in [3.8, 4) is 0 Å². The summed E-state index contributed by atoms with van der Waals surface area (Å²) in [6, 6.07) is 17.9. The van der Waals surface area contributed by atoms with E-state index in [0.29, 0.717) is 11.0 Å². The molecule has 4 aromatic rings. The van der Waals surface area contributed by atoms with Gasteiger partial charge < -0.3 is 4.90 Å². The Kier molecular flexibility index (Phi) is 2.59. The number of para-hydroxylation sites is 2. The summed E-state index contributed by atoms with van der Waals surface area (Å²) in [6.07, 6.45) is 2.70. The van der Waals surface area contributed by atoms with Crippen molar-refractivity contribution in [1.82, 2.24) is 9.38 Å². The molecule has 4 nitrogen and oxygen atoms in total. The highest BCUT2D eigenvalue weighted by Crippen LogP contribution is 2.39. The van der Waals surface area contributed by atoms with Crippen molar-refractivity contribution in [2.45, 2.75) is 6.42 Å². The van der Waals surface area contributed by atoms with E-state index in [1.54, 1.807) is 4.40 Å². The second-order valence-electron chi connectivity index (χ2n) is 6.18. The van der Waals surface area contributed by atoms with E-state index in [1.807, 2.05) is 49.6 Å². The standard InChI is InChI=1S/C20H15N3O/c1-22-17-9-5-2-6-13(17)12-14-10-11-23-19(18(14)22)21-16-8-4-3-7-15(16)20(23)24/h2-11H,12H2,1H3. The van der Waals surface area contributed by atoms with Gasteiger partial charge in [-0.2, -0.15) is 0 Å². The van der Waals surface area contributed by atoms with Gasteiger partial charge in [0.05, 0.1) is 16.6 Å². The van der Waals surface area contributed by atoms with Crippen LogP contribution in [0.5, 0.6) is 0 Å². The van der Waals surface area contributed by atoms with Crippen LogP contribution in [0.25, 0.3) is 16.6 Å². The fraction of sp³-hybridized carbons (Fsp3) is 0.100. The summed E-state index contributed by atoms with van der Waals surface area (Å²) < 4.78 is 1.66. The van der Waals surface area contributed by atoms with E-state index < -0.39 is 0 Å². The van der Waals surface area contributed by atoms with Crippen LogP contribution >= 0.6 is 0 Å². The summed E-state index contributed by atoms with van der Waals surface area (Å²) >= 11 is 0. The van der Waals surface area contributed by atoms with E-state index in [1.165, 1.54) is 16.8 Å². The normalized spacial score (nSPS) is 13.1. The zero-order chi connectivity index (χ0) is 16.3. The quantitative estimate of drug-likeness (QED) is 0.466. The number of aromatic nitrogens is 2. The molecule has 24 heavy (non-hydrogen) atoms. The Balaban J connectivity index is 1.90. The van der Waals surface area contributed by atoms with Gasteiger partial charge in [0.2, 0.25) is 0 Å². The molecule has 1 aliphatic heterocycles. The minimum Gasteiger partial charge on any atom is -0.341 e. The lowest BCUT2D eigenvalue weighted by atomic mass is 9.97. The van der Waals surface area contributed by atoms with Crippen LogP contribution in [0.1, 0.15) is 11.1 Å². The Labute approximate surface area is 138 Å². The Bertz CT molecular complexity index is 1180. The van der Waals surface area contributed by atoms with Gasteiger partial charge in [0.1, 0.15) is 0 Å². The monoisotopic (exact) mass is 313 g/mol. The first-order valence-electron chi connectivity index (χ1n) is 7.98. The van der Waals surface area contributed by atoms with Gasteiger partial charge >= 0.3 is 0 Å². The molecular formula is C20H15N3O. The summed E-state index contributed by atoms with van der Waals surface area (Å²) in [5, 5.41) is 0.647. The SMILES string of the molecule is CN1c2ccccc2Cc2ccn3c(=O)c4ccccc4nc3c21. The van der Waals surface area contributed by atoms with Gasteiger partial charge in [-0.05, 0) is 35.4 Å². The van der Waals surface area contributed by atoms with Gasteiger partial charge in [0.25, 0.3) is 5.56 Å². The van der Waals surface area contributed by atoms with Crippen molar-refractivity contribution in [2.75, 3.05) is 11.9 Å². The van der Waals surface area contributed by atoms with Gasteiger partial charge in [0, 0.05) is 25.4 Å². The number of pyridine rings is 1. The molecule has 3 heterocycles. The lowest BCUT2D eigenvalue weighted by Crippen LogP contribution is -2.23. The van der Waals surface area contributed by atoms with Crippen molar-refractivity contribution < 1.29 is 0 Å². The first-order chi connectivity index (χ1) is 11.7. The van der Waals surface area contributed by atoms with Gasteiger partial charge in [-0.15, -0.1) is 0 Å². The van der Waals surface area contributed by atoms with Crippen molar-refractivity contribution >= 4 is 27.9 Å². The molecule has 1 aliphatic rings. The summed E-state index contributed by atoms with van der Waals surface area (Å²) in [5.74, 6) is 0. The lowest BCUT2D eigenvalue weighted by molar-refractivity contribution is 1.00. The smallest absolute Gasteiger partial charge is 0.265 e. The highest BCUT2D eigenvalue weighted by atomic mass is 16.1. The third-order valence-corrected chi connectivity index (χ3v) is 4.82. The van der Waals surface area contributed by atoms with E-state index in [-0.39, 0.29) is 5.56 Å². The van der Waals surface area contributed by atoms with Crippen LogP contribution in [0.2, 0.25) is 0 Å². The average molecular weight is 313 g/mol. The number of anilines is 2. The maximum atomic E-state index is 12.8. The van der Waals surface area contributed by atoms with E-state index in [2.05, 4.69) is 23.1 Å². The Hall–Kier alpha value is -3.14. The molecule has 0 aliphatic carbocycles. The first-order valence-corrected chi connectivity index (χ1v) is 7.98. The molecule has 0 atom stereocenters. The van der Waals surface area contributed by atoms with E-state index in [0.717, 1.165) is 17.6 Å². The molecule has 0 fully saturated rings. The van der Waals surface area contributed by atoms with Crippen LogP contribution in [0.15, 0.2) is 65.6 Å². The largest absolute Gasteiger partial charge is 0.341 e. The Morgan fingerprint density at radius 2 is 1.75 bits per heavy atom. The van der Waals surface area contributed by atoms with Crippen molar-refractivity contribution in [2.24, 2.45) is 0 Å². The van der Waals surface area contributed by atoms with Gasteiger partial charge in [-0.1, -0.05) is 30.3 Å². The predicted molar refractivity (Wildman–Crippen MR) is 96.3 cm³/mol. The number of hydrogen-bond acceptors (Lipinski definition) is 3. The molecule has 0 saturated carbocycles. The zero-order valence-electron chi connectivity index (χ0n) is 13.2. The molecule has 0 bridgehead atoms. The molecular weight excluding hydrogens is 298 g/mol. The average Bonchev–Trinajstić information content (AvgIpc) is 2.62. The van der Waals surface area contributed by atoms with E-state index in [9.17, 15) is 4.79 Å². The highest BCUT2D eigenvalue weighted by Gasteiger charge is 2.23. The fourth-order valence-corrected chi connectivity index (χ4v) is 3.66. The van der Waals surface area contributed by atoms with Crippen molar-refractivity contribution in [3.05, 3.63) is 82.3 Å². The van der Waals surface area contributed by atoms with Crippen LogP contribution in [0.3, 0.4) is 0 Å². The number of hydrogen-bond donors (Lipinski definition) is 0. The highest BCUT2D eigenvalue weighted by molar-refractivity contribution is 5.87. The Morgan fingerprint density at radius 3 is 2.67 bits per heavy atom. The van der Waals surface area contributed by atoms with Crippen LogP contribution in [-0.2, 0) is 6.42 Å². The first kappa shape index (κ1) is 13.3. The van der Waals surface area contributed by atoms with E-state index in [4.69, 9.17) is 4.98 Å². The maximum absolute atomic E-state index is 12.8. The van der Waals surface area contributed by atoms with Gasteiger partial charge in [-0.25, -0.2) is 4.98 Å². The molecule has 0 saturated heterocycles. The molecule has 0 radical (unpaired) electrons. The molecule has 4 heteroatoms. The van der Waals surface area contributed by atoms with Crippen molar-refractivity contribution in [3.63, 3.8) is 0 Å². The van der Waals surface area contributed by atoms with Crippen LogP contribution in [-0.4, -0.2) is 16.4 Å². The fourth-order valence-electron chi connectivity index (χ4n) is 3.66. The third kappa shape index (κ3) is 1.68. The van der Waals surface area contributed by atoms with E-state index >= 15 is 0 Å². The summed E-state index contributed by atoms with van der Waals surface area (Å²) in [4.78, 5) is 19.8. The van der Waals surface area contributed by atoms with Gasteiger partial charge in [0.15, 0.2) is 5.65 Å². The van der Waals surface area contributed by atoms with Crippen molar-refractivity contribution in [1.29, 1.82) is 0 Å². The van der Waals surface area contributed by atoms with Gasteiger partial charge in [-0.3, -0.25) is 9.20 Å². The number of rotatable bonds is 0. The summed E-state index contributed by atoms with van der Waals surface area (Å²) in [7, 11) is 2.04. The summed E-state index contributed by atoms with van der Waals surface area (Å²) in [6.45, 7) is 0. The number of fused-ring (bicyclic) bond motifs is 5. The maximum Gasteiger partial charge on any atom is 0.265 e. The lowest BCUT2D eigenvalue weighted by Gasteiger charge is -2.30. The van der Waals surface area contributed by atoms with Crippen LogP contribution < -0.4 is 10.5 Å². The number of nitrogens with zero attached hydrogens (tertiary/aromatic N) is 3. The second-order valence-corrected chi connectivity index (χ2v) is 6.18. The van der Waals surface area contributed by atoms with Crippen LogP contribution in [0.4, 0.5) is 11.4 Å².